The first-order chi connectivity index (χ1) is 3.06. The van der Waals surface area contributed by atoms with E-state index in [0.29, 0.717) is 6.92 Å². The first-order valence-corrected chi connectivity index (χ1v) is 1.60. The fraction of sp³-hybridized carbons (Fsp3) is 0.500. The standard InChI is InChI=1S/C4H4F2O/c1-4(5,6)2-3-7/h7H,1H3. The van der Waals surface area contributed by atoms with Gasteiger partial charge in [0.15, 0.2) is 0 Å². The maximum atomic E-state index is 11.4. The number of hydrogen-bond donors (Lipinski definition) is 1. The lowest BCUT2D eigenvalue weighted by molar-refractivity contribution is 0.0880. The highest BCUT2D eigenvalue weighted by molar-refractivity contribution is 5.01. The molecule has 0 radical (unpaired) electrons. The Bertz CT molecular complexity index is 103. The summed E-state index contributed by atoms with van der Waals surface area (Å²) >= 11 is 0. The summed E-state index contributed by atoms with van der Waals surface area (Å²) in [6.45, 7) is 0.607. The lowest BCUT2D eigenvalue weighted by Crippen LogP contribution is -2.03. The van der Waals surface area contributed by atoms with Crippen LogP contribution in [-0.4, -0.2) is 11.0 Å². The van der Waals surface area contributed by atoms with Crippen molar-refractivity contribution in [2.45, 2.75) is 12.8 Å². The molecule has 0 heterocycles. The Hall–Kier alpha value is -0.780. The number of aliphatic hydroxyl groups is 1. The van der Waals surface area contributed by atoms with Gasteiger partial charge in [0.05, 0.1) is 0 Å². The molecule has 0 spiro atoms. The Morgan fingerprint density at radius 2 is 2.00 bits per heavy atom. The van der Waals surface area contributed by atoms with Crippen LogP contribution in [0.5, 0.6) is 0 Å². The molecular formula is C4H4F2O. The fourth-order valence-electron chi connectivity index (χ4n) is 0.0982. The van der Waals surface area contributed by atoms with Gasteiger partial charge in [-0.1, -0.05) is 0 Å². The molecule has 3 heteroatoms. The average molecular weight is 106 g/mol. The topological polar surface area (TPSA) is 20.2 Å². The molecule has 0 aliphatic rings. The molecule has 0 bridgehead atoms. The normalized spacial score (nSPS) is 9.57. The van der Waals surface area contributed by atoms with Crippen LogP contribution in [0.25, 0.3) is 0 Å². The lowest BCUT2D eigenvalue weighted by Gasteiger charge is -1.94. The van der Waals surface area contributed by atoms with Crippen molar-refractivity contribution in [2.24, 2.45) is 0 Å². The smallest absolute Gasteiger partial charge is 0.308 e. The summed E-state index contributed by atoms with van der Waals surface area (Å²) in [6.07, 6.45) is 1.11. The Morgan fingerprint density at radius 3 is 2.00 bits per heavy atom. The molecule has 0 aliphatic carbocycles. The van der Waals surface area contributed by atoms with Gasteiger partial charge >= 0.3 is 5.92 Å². The Morgan fingerprint density at radius 1 is 1.57 bits per heavy atom. The zero-order valence-corrected chi connectivity index (χ0v) is 3.70. The first-order valence-electron chi connectivity index (χ1n) is 1.60. The Kier molecular flexibility index (Phi) is 1.58. The molecule has 7 heavy (non-hydrogen) atoms. The van der Waals surface area contributed by atoms with Gasteiger partial charge in [0.2, 0.25) is 0 Å². The monoisotopic (exact) mass is 106 g/mol. The van der Waals surface area contributed by atoms with Gasteiger partial charge in [-0.3, -0.25) is 0 Å². The minimum absolute atomic E-state index is 0.607. The van der Waals surface area contributed by atoms with E-state index in [4.69, 9.17) is 5.11 Å². The second-order valence-corrected chi connectivity index (χ2v) is 1.13. The molecule has 0 atom stereocenters. The molecule has 0 saturated heterocycles. The maximum absolute atomic E-state index is 11.4. The molecule has 0 fully saturated rings. The van der Waals surface area contributed by atoms with Crippen LogP contribution in [0.4, 0.5) is 8.78 Å². The largest absolute Gasteiger partial charge is 0.462 e. The van der Waals surface area contributed by atoms with Gasteiger partial charge in [0.1, 0.15) is 6.11 Å². The minimum atomic E-state index is -3.06. The molecule has 0 amide bonds. The van der Waals surface area contributed by atoms with Crippen LogP contribution in [0.15, 0.2) is 0 Å². The molecule has 0 aliphatic heterocycles. The predicted octanol–water partition coefficient (Wildman–Crippen LogP) is 0.975. The van der Waals surface area contributed by atoms with Crippen molar-refractivity contribution in [1.29, 1.82) is 0 Å². The highest BCUT2D eigenvalue weighted by Gasteiger charge is 2.15. The molecule has 1 N–H and O–H groups in total. The highest BCUT2D eigenvalue weighted by atomic mass is 19.3. The molecule has 1 nitrogen and oxygen atoms in total. The maximum Gasteiger partial charge on any atom is 0.308 e. The second-order valence-electron chi connectivity index (χ2n) is 1.13. The quantitative estimate of drug-likeness (QED) is 0.456. The molecular weight excluding hydrogens is 102 g/mol. The van der Waals surface area contributed by atoms with E-state index in [9.17, 15) is 8.78 Å². The van der Waals surface area contributed by atoms with Crippen LogP contribution in [0, 0.1) is 12.0 Å². The zero-order valence-electron chi connectivity index (χ0n) is 3.70. The van der Waals surface area contributed by atoms with Crippen LogP contribution in [0.2, 0.25) is 0 Å². The van der Waals surface area contributed by atoms with Crippen molar-refractivity contribution >= 4 is 0 Å². The van der Waals surface area contributed by atoms with Gasteiger partial charge in [-0.15, -0.1) is 0 Å². The van der Waals surface area contributed by atoms with Gasteiger partial charge in [0.25, 0.3) is 0 Å². The lowest BCUT2D eigenvalue weighted by atomic mass is 10.4. The van der Waals surface area contributed by atoms with Crippen molar-refractivity contribution < 1.29 is 13.9 Å². The third-order valence-corrected chi connectivity index (χ3v) is 0.275. The summed E-state index contributed by atoms with van der Waals surface area (Å²) in [5.41, 5.74) is 0. The summed E-state index contributed by atoms with van der Waals surface area (Å²) in [5.74, 6) is -1.80. The van der Waals surface area contributed by atoms with Crippen molar-refractivity contribution in [3.05, 3.63) is 0 Å². The summed E-state index contributed by atoms with van der Waals surface area (Å²) in [4.78, 5) is 0. The summed E-state index contributed by atoms with van der Waals surface area (Å²) < 4.78 is 22.8. The van der Waals surface area contributed by atoms with Gasteiger partial charge in [0, 0.05) is 12.8 Å². The first kappa shape index (κ1) is 6.22. The average Bonchev–Trinajstić information content (AvgIpc) is 1.30. The summed E-state index contributed by atoms with van der Waals surface area (Å²) in [5, 5.41) is 7.56. The van der Waals surface area contributed by atoms with Gasteiger partial charge in [-0.2, -0.15) is 8.78 Å². The summed E-state index contributed by atoms with van der Waals surface area (Å²) in [6, 6.07) is 0. The Balaban J connectivity index is 3.72. The highest BCUT2D eigenvalue weighted by Crippen LogP contribution is 2.07. The van der Waals surface area contributed by atoms with E-state index < -0.39 is 5.92 Å². The molecule has 0 aromatic carbocycles. The van der Waals surface area contributed by atoms with E-state index >= 15 is 0 Å². The van der Waals surface area contributed by atoms with Crippen molar-refractivity contribution in [3.8, 4) is 12.0 Å². The molecule has 40 valence electrons. The van der Waals surface area contributed by atoms with Crippen molar-refractivity contribution in [2.75, 3.05) is 0 Å². The summed E-state index contributed by atoms with van der Waals surface area (Å²) in [7, 11) is 0. The van der Waals surface area contributed by atoms with Crippen LogP contribution in [0.1, 0.15) is 6.92 Å². The second kappa shape index (κ2) is 1.78. The third-order valence-electron chi connectivity index (χ3n) is 0.275. The van der Waals surface area contributed by atoms with Gasteiger partial charge < -0.3 is 5.11 Å². The van der Waals surface area contributed by atoms with Crippen molar-refractivity contribution in [1.82, 2.24) is 0 Å². The number of aliphatic hydroxyl groups excluding tert-OH is 1. The number of alkyl halides is 2. The van der Waals surface area contributed by atoms with Crippen LogP contribution >= 0.6 is 0 Å². The van der Waals surface area contributed by atoms with E-state index in [0.717, 1.165) is 6.11 Å². The molecule has 0 aromatic heterocycles. The van der Waals surface area contributed by atoms with Crippen molar-refractivity contribution in [3.63, 3.8) is 0 Å². The van der Waals surface area contributed by atoms with E-state index in [1.54, 1.807) is 0 Å². The van der Waals surface area contributed by atoms with E-state index in [1.807, 2.05) is 0 Å². The van der Waals surface area contributed by atoms with Crippen LogP contribution in [0.3, 0.4) is 0 Å². The third kappa shape index (κ3) is 5.22. The predicted molar refractivity (Wildman–Crippen MR) is 20.3 cm³/mol. The Labute approximate surface area is 40.0 Å². The molecule has 0 aromatic rings. The molecule has 0 unspecified atom stereocenters. The SMILES string of the molecule is CC(F)(F)C#CO. The fourth-order valence-corrected chi connectivity index (χ4v) is 0.0982. The number of hydrogen-bond acceptors (Lipinski definition) is 1. The minimum Gasteiger partial charge on any atom is -0.462 e. The van der Waals surface area contributed by atoms with Crippen LogP contribution < -0.4 is 0 Å². The van der Waals surface area contributed by atoms with Crippen LogP contribution in [-0.2, 0) is 0 Å². The molecule has 0 saturated carbocycles. The van der Waals surface area contributed by atoms with Gasteiger partial charge in [-0.05, 0) is 0 Å². The van der Waals surface area contributed by atoms with Gasteiger partial charge in [-0.25, -0.2) is 0 Å². The van der Waals surface area contributed by atoms with E-state index in [1.165, 1.54) is 5.92 Å². The number of halogens is 2. The zero-order chi connectivity index (χ0) is 5.91. The van der Waals surface area contributed by atoms with E-state index in [2.05, 4.69) is 0 Å². The van der Waals surface area contributed by atoms with E-state index in [-0.39, 0.29) is 0 Å². The molecule has 0 rings (SSSR count). The number of rotatable bonds is 0.